The number of hydrogen-bond acceptors (Lipinski definition) is 4. The lowest BCUT2D eigenvalue weighted by molar-refractivity contribution is -0.136. The van der Waals surface area contributed by atoms with Gasteiger partial charge in [0.25, 0.3) is 0 Å². The third-order valence-corrected chi connectivity index (χ3v) is 6.74. The summed E-state index contributed by atoms with van der Waals surface area (Å²) < 4.78 is 42.7. The number of pyridine rings is 1. The van der Waals surface area contributed by atoms with Crippen molar-refractivity contribution in [3.8, 4) is 0 Å². The third-order valence-electron chi connectivity index (χ3n) is 6.74. The van der Waals surface area contributed by atoms with Crippen LogP contribution in [-0.4, -0.2) is 56.7 Å². The Morgan fingerprint density at radius 2 is 1.74 bits per heavy atom. The Kier molecular flexibility index (Phi) is 5.83. The van der Waals surface area contributed by atoms with Crippen LogP contribution in [0.4, 0.5) is 13.2 Å². The van der Waals surface area contributed by atoms with Crippen LogP contribution in [0.3, 0.4) is 0 Å². The van der Waals surface area contributed by atoms with E-state index in [1.54, 1.807) is 11.8 Å². The van der Waals surface area contributed by atoms with Crippen LogP contribution in [-0.2, 0) is 24.1 Å². The lowest BCUT2D eigenvalue weighted by atomic mass is 10.1. The molecule has 0 bridgehead atoms. The van der Waals surface area contributed by atoms with Gasteiger partial charge in [0.2, 0.25) is 5.91 Å². The van der Waals surface area contributed by atoms with Crippen molar-refractivity contribution in [2.75, 3.05) is 26.2 Å². The average Bonchev–Trinajstić information content (AvgIpc) is 3.60. The molecule has 1 aromatic carbocycles. The van der Waals surface area contributed by atoms with Crippen LogP contribution < -0.4 is 0 Å². The zero-order chi connectivity index (χ0) is 24.0. The van der Waals surface area contributed by atoms with E-state index in [1.165, 1.54) is 15.8 Å². The lowest BCUT2D eigenvalue weighted by Gasteiger charge is -2.34. The summed E-state index contributed by atoms with van der Waals surface area (Å²) in [5, 5.41) is 4.29. The van der Waals surface area contributed by atoms with Gasteiger partial charge in [0.15, 0.2) is 5.65 Å². The van der Waals surface area contributed by atoms with E-state index in [-0.39, 0.29) is 35.1 Å². The Morgan fingerprint density at radius 3 is 2.35 bits per heavy atom. The number of aromatic nitrogens is 3. The monoisotopic (exact) mass is 471 g/mol. The number of nitrogens with zero attached hydrogens (tertiary/aromatic N) is 5. The first kappa shape index (κ1) is 22.8. The summed E-state index contributed by atoms with van der Waals surface area (Å²) in [6.07, 6.45) is -2.81. The highest BCUT2D eigenvalue weighted by Crippen LogP contribution is 2.43. The first-order chi connectivity index (χ1) is 16.2. The van der Waals surface area contributed by atoms with Gasteiger partial charge in [-0.15, -0.1) is 0 Å². The molecule has 0 spiro atoms. The van der Waals surface area contributed by atoms with Crippen LogP contribution in [0.2, 0.25) is 0 Å². The summed E-state index contributed by atoms with van der Waals surface area (Å²) >= 11 is 0. The Bertz CT molecular complexity index is 1210. The quantitative estimate of drug-likeness (QED) is 0.557. The molecule has 1 saturated heterocycles. The zero-order valence-corrected chi connectivity index (χ0v) is 19.4. The van der Waals surface area contributed by atoms with E-state index in [0.717, 1.165) is 38.5 Å². The molecule has 3 heterocycles. The van der Waals surface area contributed by atoms with Gasteiger partial charge in [-0.2, -0.15) is 18.3 Å². The molecular formula is C25H28F3N5O. The molecule has 2 aromatic heterocycles. The zero-order valence-electron chi connectivity index (χ0n) is 19.4. The molecule has 1 aliphatic heterocycles. The largest absolute Gasteiger partial charge is 0.417 e. The SMILES string of the molecule is Cc1ccc(CN2CCN(C(=O)Cn3nc(C)c4c(C(F)(F)F)cc(C5CC5)nc43)CC2)cc1. The standard InChI is InChI=1S/C25H28F3N5O/c1-16-3-5-18(6-4-16)14-31-9-11-32(12-10-31)22(34)15-33-24-23(17(2)30-33)20(25(26,27)28)13-21(29-24)19-7-8-19/h3-6,13,19H,7-12,14-15H2,1-2H3. The Morgan fingerprint density at radius 1 is 1.06 bits per heavy atom. The molecule has 9 heteroatoms. The van der Waals surface area contributed by atoms with Gasteiger partial charge in [0, 0.05) is 44.3 Å². The van der Waals surface area contributed by atoms with Crippen molar-refractivity contribution in [2.24, 2.45) is 0 Å². The van der Waals surface area contributed by atoms with Crippen LogP contribution in [0.5, 0.6) is 0 Å². The Labute approximate surface area is 196 Å². The fourth-order valence-corrected chi connectivity index (χ4v) is 4.63. The first-order valence-corrected chi connectivity index (χ1v) is 11.7. The van der Waals surface area contributed by atoms with Gasteiger partial charge in [-0.1, -0.05) is 29.8 Å². The molecule has 1 aliphatic carbocycles. The number of benzene rings is 1. The minimum Gasteiger partial charge on any atom is -0.339 e. The van der Waals surface area contributed by atoms with Crippen molar-refractivity contribution in [1.82, 2.24) is 24.6 Å². The van der Waals surface area contributed by atoms with E-state index in [1.807, 2.05) is 0 Å². The molecule has 180 valence electrons. The fourth-order valence-electron chi connectivity index (χ4n) is 4.63. The van der Waals surface area contributed by atoms with Gasteiger partial charge >= 0.3 is 6.18 Å². The second-order valence-corrected chi connectivity index (χ2v) is 9.45. The van der Waals surface area contributed by atoms with Gasteiger partial charge in [-0.3, -0.25) is 9.69 Å². The van der Waals surface area contributed by atoms with Crippen molar-refractivity contribution >= 4 is 16.9 Å². The number of rotatable bonds is 5. The Balaban J connectivity index is 1.30. The van der Waals surface area contributed by atoms with Gasteiger partial charge in [-0.25, -0.2) is 9.67 Å². The van der Waals surface area contributed by atoms with Gasteiger partial charge in [0.05, 0.1) is 16.6 Å². The number of fused-ring (bicyclic) bond motifs is 1. The number of aryl methyl sites for hydroxylation is 2. The first-order valence-electron chi connectivity index (χ1n) is 11.7. The maximum atomic E-state index is 13.8. The van der Waals surface area contributed by atoms with Crippen molar-refractivity contribution in [3.63, 3.8) is 0 Å². The lowest BCUT2D eigenvalue weighted by Crippen LogP contribution is -2.49. The summed E-state index contributed by atoms with van der Waals surface area (Å²) in [7, 11) is 0. The van der Waals surface area contributed by atoms with Crippen molar-refractivity contribution in [3.05, 3.63) is 58.4 Å². The predicted molar refractivity (Wildman–Crippen MR) is 122 cm³/mol. The van der Waals surface area contributed by atoms with Gasteiger partial charge < -0.3 is 4.90 Å². The van der Waals surface area contributed by atoms with E-state index in [4.69, 9.17) is 0 Å². The second-order valence-electron chi connectivity index (χ2n) is 9.45. The molecule has 0 radical (unpaired) electrons. The highest BCUT2D eigenvalue weighted by molar-refractivity contribution is 5.85. The van der Waals surface area contributed by atoms with Crippen LogP contribution in [0.25, 0.3) is 11.0 Å². The maximum Gasteiger partial charge on any atom is 0.417 e. The number of alkyl halides is 3. The van der Waals surface area contributed by atoms with Gasteiger partial charge in [0.1, 0.15) is 6.54 Å². The molecule has 2 fully saturated rings. The van der Waals surface area contributed by atoms with Crippen LogP contribution in [0, 0.1) is 13.8 Å². The summed E-state index contributed by atoms with van der Waals surface area (Å²) in [6, 6.07) is 9.59. The van der Waals surface area contributed by atoms with E-state index in [9.17, 15) is 18.0 Å². The normalized spacial score (nSPS) is 17.5. The van der Waals surface area contributed by atoms with Crippen molar-refractivity contribution < 1.29 is 18.0 Å². The number of halogens is 3. The summed E-state index contributed by atoms with van der Waals surface area (Å²) in [5.74, 6) is -0.0852. The molecule has 1 saturated carbocycles. The number of carbonyl (C=O) groups excluding carboxylic acids is 1. The molecule has 0 atom stereocenters. The highest BCUT2D eigenvalue weighted by atomic mass is 19.4. The highest BCUT2D eigenvalue weighted by Gasteiger charge is 2.38. The molecule has 2 aliphatic rings. The number of piperazine rings is 1. The molecule has 0 N–H and O–H groups in total. The average molecular weight is 472 g/mol. The number of amides is 1. The van der Waals surface area contributed by atoms with Gasteiger partial charge in [-0.05, 0) is 38.3 Å². The van der Waals surface area contributed by atoms with E-state index >= 15 is 0 Å². The topological polar surface area (TPSA) is 54.3 Å². The van der Waals surface area contributed by atoms with E-state index in [2.05, 4.69) is 46.2 Å². The molecule has 0 unspecified atom stereocenters. The van der Waals surface area contributed by atoms with E-state index in [0.29, 0.717) is 18.8 Å². The fraction of sp³-hybridized carbons (Fsp3) is 0.480. The minimum absolute atomic E-state index is 0.00684. The smallest absolute Gasteiger partial charge is 0.339 e. The maximum absolute atomic E-state index is 13.8. The molecule has 34 heavy (non-hydrogen) atoms. The summed E-state index contributed by atoms with van der Waals surface area (Å²) in [6.45, 7) is 6.99. The number of hydrogen-bond donors (Lipinski definition) is 0. The van der Waals surface area contributed by atoms with E-state index < -0.39 is 11.7 Å². The molecular weight excluding hydrogens is 443 g/mol. The third kappa shape index (κ3) is 4.66. The van der Waals surface area contributed by atoms with Crippen LogP contribution >= 0.6 is 0 Å². The molecule has 6 nitrogen and oxygen atoms in total. The predicted octanol–water partition coefficient (Wildman–Crippen LogP) is 4.29. The van der Waals surface area contributed by atoms with Crippen molar-refractivity contribution in [1.29, 1.82) is 0 Å². The van der Waals surface area contributed by atoms with Crippen LogP contribution in [0.15, 0.2) is 30.3 Å². The minimum atomic E-state index is -4.50. The Hall–Kier alpha value is -2.94. The summed E-state index contributed by atoms with van der Waals surface area (Å²) in [5.41, 5.74) is 2.59. The summed E-state index contributed by atoms with van der Waals surface area (Å²) in [4.78, 5) is 21.6. The second kappa shape index (κ2) is 8.69. The van der Waals surface area contributed by atoms with Crippen molar-refractivity contribution in [2.45, 2.75) is 51.9 Å². The molecule has 3 aromatic rings. The molecule has 5 rings (SSSR count). The molecule has 1 amide bonds. The van der Waals surface area contributed by atoms with Crippen LogP contribution in [0.1, 0.15) is 46.8 Å². The number of carbonyl (C=O) groups is 1.